The molecule has 3 aromatic heterocycles. The summed E-state index contributed by atoms with van der Waals surface area (Å²) in [4.78, 5) is 26.2. The van der Waals surface area contributed by atoms with Crippen molar-refractivity contribution in [3.8, 4) is 11.4 Å². The maximum absolute atomic E-state index is 12.8. The van der Waals surface area contributed by atoms with Crippen LogP contribution in [0.4, 0.5) is 11.5 Å². The van der Waals surface area contributed by atoms with Gasteiger partial charge in [0.15, 0.2) is 0 Å². The lowest BCUT2D eigenvalue weighted by Gasteiger charge is -2.36. The van der Waals surface area contributed by atoms with E-state index in [4.69, 9.17) is 37.4 Å². The van der Waals surface area contributed by atoms with Gasteiger partial charge in [-0.25, -0.2) is 24.0 Å². The second-order valence-electron chi connectivity index (χ2n) is 12.3. The van der Waals surface area contributed by atoms with Crippen molar-refractivity contribution in [2.45, 2.75) is 44.7 Å². The molecule has 0 N–H and O–H groups in total. The number of ether oxygens (including phenoxy) is 3. The van der Waals surface area contributed by atoms with Crippen molar-refractivity contribution in [2.75, 3.05) is 49.2 Å². The zero-order valence-corrected chi connectivity index (χ0v) is 28.9. The van der Waals surface area contributed by atoms with Gasteiger partial charge in [0.05, 0.1) is 42.4 Å². The largest absolute Gasteiger partial charge is 0.491 e. The average molecular weight is 706 g/mol. The highest BCUT2D eigenvalue weighted by molar-refractivity contribution is 6.35. The van der Waals surface area contributed by atoms with Crippen molar-refractivity contribution >= 4 is 34.7 Å². The third-order valence-electron chi connectivity index (χ3n) is 9.10. The number of hydrogen-bond donors (Lipinski definition) is 0. The molecule has 2 saturated heterocycles. The topological polar surface area (TPSA) is 105 Å². The normalized spacial score (nSPS) is 20.1. The van der Waals surface area contributed by atoms with E-state index in [0.29, 0.717) is 41.1 Å². The number of anilines is 2. The van der Waals surface area contributed by atoms with Gasteiger partial charge in [-0.15, -0.1) is 0 Å². The number of hydrogen-bond acceptors (Lipinski definition) is 9. The van der Waals surface area contributed by atoms with Crippen LogP contribution in [0.3, 0.4) is 0 Å². The summed E-state index contributed by atoms with van der Waals surface area (Å²) < 4.78 is 23.9. The molecule has 2 aromatic carbocycles. The van der Waals surface area contributed by atoms with Crippen molar-refractivity contribution in [3.63, 3.8) is 0 Å². The van der Waals surface area contributed by atoms with Gasteiger partial charge in [-0.1, -0.05) is 36.2 Å². The number of aromatic nitrogens is 6. The zero-order valence-electron chi connectivity index (χ0n) is 27.4. The molecule has 14 heteroatoms. The summed E-state index contributed by atoms with van der Waals surface area (Å²) in [7, 11) is 0. The van der Waals surface area contributed by atoms with Gasteiger partial charge in [-0.05, 0) is 61.9 Å². The number of imidazole rings is 1. The zero-order chi connectivity index (χ0) is 34.0. The van der Waals surface area contributed by atoms with Crippen LogP contribution in [0, 0.1) is 0 Å². The Balaban J connectivity index is 0.925. The fourth-order valence-corrected chi connectivity index (χ4v) is 6.74. The number of nitrogens with zero attached hydrogens (tertiary/aromatic N) is 8. The van der Waals surface area contributed by atoms with Crippen molar-refractivity contribution in [1.29, 1.82) is 0 Å². The molecular weight excluding hydrogens is 667 g/mol. The molecular formula is C35H38Cl2N8O4. The van der Waals surface area contributed by atoms with Crippen LogP contribution in [0.5, 0.6) is 5.75 Å². The number of piperazine rings is 1. The van der Waals surface area contributed by atoms with Gasteiger partial charge in [0.25, 0.3) is 0 Å². The molecule has 256 valence electrons. The van der Waals surface area contributed by atoms with Crippen LogP contribution in [-0.4, -0.2) is 74.4 Å². The van der Waals surface area contributed by atoms with Crippen LogP contribution in [0.1, 0.15) is 31.9 Å². The quantitative estimate of drug-likeness (QED) is 0.174. The summed E-state index contributed by atoms with van der Waals surface area (Å²) in [5.74, 6) is 0.539. The van der Waals surface area contributed by atoms with Gasteiger partial charge >= 0.3 is 5.69 Å². The number of rotatable bonds is 11. The molecule has 5 aromatic rings. The first-order valence-electron chi connectivity index (χ1n) is 16.4. The fourth-order valence-electron chi connectivity index (χ4n) is 6.19. The molecule has 2 aliphatic rings. The number of pyridine rings is 1. The first kappa shape index (κ1) is 33.2. The van der Waals surface area contributed by atoms with E-state index in [0.717, 1.165) is 49.9 Å². The highest BCUT2D eigenvalue weighted by Crippen LogP contribution is 2.40. The lowest BCUT2D eigenvalue weighted by Crippen LogP contribution is -2.46. The Morgan fingerprint density at radius 1 is 1.00 bits per heavy atom. The van der Waals surface area contributed by atoms with E-state index in [1.54, 1.807) is 37.2 Å². The van der Waals surface area contributed by atoms with Crippen LogP contribution in [0.15, 0.2) is 90.6 Å². The van der Waals surface area contributed by atoms with Crippen molar-refractivity contribution in [3.05, 3.63) is 112 Å². The maximum atomic E-state index is 12.8. The predicted molar refractivity (Wildman–Crippen MR) is 188 cm³/mol. The molecule has 5 heterocycles. The third-order valence-corrected chi connectivity index (χ3v) is 9.65. The Morgan fingerprint density at radius 2 is 1.78 bits per heavy atom. The molecule has 12 nitrogen and oxygen atoms in total. The number of benzene rings is 2. The minimum Gasteiger partial charge on any atom is -0.491 e. The minimum absolute atomic E-state index is 0.0458. The van der Waals surface area contributed by atoms with Crippen LogP contribution in [0.25, 0.3) is 5.69 Å². The molecule has 0 aliphatic carbocycles. The second kappa shape index (κ2) is 14.2. The summed E-state index contributed by atoms with van der Waals surface area (Å²) in [6.07, 6.45) is 9.10. The third kappa shape index (κ3) is 7.04. The van der Waals surface area contributed by atoms with Gasteiger partial charge in [0, 0.05) is 54.8 Å². The molecule has 49 heavy (non-hydrogen) atoms. The van der Waals surface area contributed by atoms with E-state index in [-0.39, 0.29) is 17.8 Å². The first-order chi connectivity index (χ1) is 23.8. The number of halogens is 2. The Bertz CT molecular complexity index is 1910. The van der Waals surface area contributed by atoms with Crippen LogP contribution in [-0.2, 0) is 21.8 Å². The van der Waals surface area contributed by atoms with Crippen molar-refractivity contribution in [1.82, 2.24) is 28.9 Å². The fraction of sp³-hybridized carbons (Fsp3) is 0.371. The molecule has 3 atom stereocenters. The highest BCUT2D eigenvalue weighted by atomic mass is 35.5. The van der Waals surface area contributed by atoms with Crippen molar-refractivity contribution < 1.29 is 14.2 Å². The van der Waals surface area contributed by atoms with E-state index >= 15 is 0 Å². The minimum atomic E-state index is -1.10. The molecule has 2 aliphatic heterocycles. The van der Waals surface area contributed by atoms with Gasteiger partial charge < -0.3 is 28.6 Å². The maximum Gasteiger partial charge on any atom is 0.350 e. The molecule has 0 saturated carbocycles. The van der Waals surface area contributed by atoms with E-state index < -0.39 is 5.79 Å². The molecule has 0 spiro atoms. The highest BCUT2D eigenvalue weighted by Gasteiger charge is 2.45. The van der Waals surface area contributed by atoms with Gasteiger partial charge in [-0.2, -0.15) is 5.10 Å². The standard InChI is InChI=1S/C35H38Cl2N8O4/c1-3-25(2)45-34(46)44(24-40-45)28-7-11-33(39-19-28)43-16-14-42(15-17-43)27-5-8-29(9-6-27)47-20-30-21-48-35(49-30,22-41-13-12-38-23-41)31-10-4-26(36)18-32(31)37/h4-13,18-19,23-25,30H,3,14-17,20-22H2,1-2H3/t25-,30-,35-/m1/s1. The van der Waals surface area contributed by atoms with E-state index in [1.807, 2.05) is 54.9 Å². The Labute approximate surface area is 294 Å². The second-order valence-corrected chi connectivity index (χ2v) is 13.1. The molecule has 0 amide bonds. The summed E-state index contributed by atoms with van der Waals surface area (Å²) in [5.41, 5.74) is 2.38. The van der Waals surface area contributed by atoms with Gasteiger partial charge in [-0.3, -0.25) is 0 Å². The van der Waals surface area contributed by atoms with Gasteiger partial charge in [0.2, 0.25) is 5.79 Å². The lowest BCUT2D eigenvalue weighted by molar-refractivity contribution is -0.189. The Morgan fingerprint density at radius 3 is 2.47 bits per heavy atom. The monoisotopic (exact) mass is 704 g/mol. The summed E-state index contributed by atoms with van der Waals surface area (Å²) in [5, 5.41) is 5.28. The van der Waals surface area contributed by atoms with Gasteiger partial charge in [0.1, 0.15) is 30.6 Å². The molecule has 0 radical (unpaired) electrons. The van der Waals surface area contributed by atoms with Crippen LogP contribution >= 0.6 is 23.2 Å². The molecule has 2 fully saturated rings. The lowest BCUT2D eigenvalue weighted by atomic mass is 10.1. The van der Waals surface area contributed by atoms with Crippen LogP contribution in [0.2, 0.25) is 10.0 Å². The predicted octanol–water partition coefficient (Wildman–Crippen LogP) is 5.58. The van der Waals surface area contributed by atoms with E-state index in [2.05, 4.69) is 37.0 Å². The Kier molecular flexibility index (Phi) is 9.64. The summed E-state index contributed by atoms with van der Waals surface area (Å²) in [6, 6.07) is 17.4. The SMILES string of the molecule is CC[C@@H](C)n1ncn(-c2ccc(N3CCN(c4ccc(OC[C@@H]5CO[C@@](Cn6ccnc6)(c6ccc(Cl)cc6Cl)O5)cc4)CC3)nc2)c1=O. The summed E-state index contributed by atoms with van der Waals surface area (Å²) >= 11 is 12.8. The molecule has 7 rings (SSSR count). The van der Waals surface area contributed by atoms with Crippen LogP contribution < -0.4 is 20.2 Å². The Hall–Kier alpha value is -4.36. The molecule has 0 unspecified atom stereocenters. The van der Waals surface area contributed by atoms with Crippen molar-refractivity contribution in [2.24, 2.45) is 0 Å². The average Bonchev–Trinajstić information content (AvgIpc) is 3.88. The summed E-state index contributed by atoms with van der Waals surface area (Å²) in [6.45, 7) is 8.41. The van der Waals surface area contributed by atoms with E-state index in [9.17, 15) is 4.79 Å². The smallest absolute Gasteiger partial charge is 0.350 e. The first-order valence-corrected chi connectivity index (χ1v) is 17.2. The van der Waals surface area contributed by atoms with E-state index in [1.165, 1.54) is 9.25 Å². The molecule has 0 bridgehead atoms.